The number of urea groups is 1. The Morgan fingerprint density at radius 3 is 2.60 bits per heavy atom. The third-order valence-corrected chi connectivity index (χ3v) is 7.55. The molecule has 9 heteroatoms. The highest BCUT2D eigenvalue weighted by Gasteiger charge is 2.73. The average Bonchev–Trinajstić information content (AvgIpc) is 3.26. The summed E-state index contributed by atoms with van der Waals surface area (Å²) in [5.74, 6) is -1.28. The number of imidazole rings is 1. The standard InChI is InChI=1S/C21H31N5O4/c1-20(2)7-8-26(19(23)30,18(29)16(22)10-14-11-24-12-25-14)21(20,3)17(28)13-5-4-6-15(27)9-13/h11-13,16H,4-10,22H2,1-3H3,(H2-,23,24,25,30)/p+1/t13?,16-,21-,26?/m0/s1. The van der Waals surface area contributed by atoms with Crippen molar-refractivity contribution >= 4 is 23.5 Å². The Bertz CT molecular complexity index is 865. The molecular weight excluding hydrogens is 386 g/mol. The normalized spacial score (nSPS) is 32.0. The van der Waals surface area contributed by atoms with Crippen LogP contribution in [0.3, 0.4) is 0 Å². The number of imide groups is 1. The van der Waals surface area contributed by atoms with Crippen LogP contribution in [0.2, 0.25) is 0 Å². The molecule has 0 radical (unpaired) electrons. The molecule has 2 aliphatic rings. The van der Waals surface area contributed by atoms with Gasteiger partial charge in [-0.1, -0.05) is 13.8 Å². The second-order valence-electron chi connectivity index (χ2n) is 9.50. The molecule has 164 valence electrons. The topological polar surface area (TPSA) is 149 Å². The fraction of sp³-hybridized carbons (Fsp3) is 0.667. The molecule has 2 heterocycles. The Labute approximate surface area is 176 Å². The maximum Gasteiger partial charge on any atom is 0.422 e. The Morgan fingerprint density at radius 1 is 1.33 bits per heavy atom. The molecule has 0 bridgehead atoms. The highest BCUT2D eigenvalue weighted by atomic mass is 16.2. The molecule has 9 nitrogen and oxygen atoms in total. The van der Waals surface area contributed by atoms with E-state index in [1.165, 1.54) is 6.33 Å². The van der Waals surface area contributed by atoms with E-state index in [2.05, 4.69) is 9.97 Å². The van der Waals surface area contributed by atoms with E-state index in [0.29, 0.717) is 31.4 Å². The number of nitrogens with one attached hydrogen (secondary N) is 1. The molecule has 1 aliphatic carbocycles. The molecule has 1 saturated heterocycles. The summed E-state index contributed by atoms with van der Waals surface area (Å²) in [7, 11) is 0. The van der Waals surface area contributed by atoms with Crippen LogP contribution in [0, 0.1) is 11.3 Å². The van der Waals surface area contributed by atoms with Crippen molar-refractivity contribution < 1.29 is 23.7 Å². The van der Waals surface area contributed by atoms with E-state index >= 15 is 0 Å². The van der Waals surface area contributed by atoms with E-state index in [-0.39, 0.29) is 31.0 Å². The van der Waals surface area contributed by atoms with Gasteiger partial charge in [-0.25, -0.2) is 14.6 Å². The average molecular weight is 419 g/mol. The van der Waals surface area contributed by atoms with Crippen LogP contribution in [0.15, 0.2) is 12.5 Å². The van der Waals surface area contributed by atoms with Gasteiger partial charge in [-0.2, -0.15) is 4.48 Å². The van der Waals surface area contributed by atoms with Gasteiger partial charge in [-0.15, -0.1) is 0 Å². The Balaban J connectivity index is 2.04. The zero-order chi connectivity index (χ0) is 22.3. The number of aromatic amines is 1. The predicted molar refractivity (Wildman–Crippen MR) is 109 cm³/mol. The number of likely N-dealkylation sites (tertiary alicyclic amines) is 1. The van der Waals surface area contributed by atoms with Gasteiger partial charge in [-0.3, -0.25) is 9.59 Å². The smallest absolute Gasteiger partial charge is 0.348 e. The second-order valence-corrected chi connectivity index (χ2v) is 9.50. The summed E-state index contributed by atoms with van der Waals surface area (Å²) in [5.41, 5.74) is 10.7. The van der Waals surface area contributed by atoms with Gasteiger partial charge in [0.25, 0.3) is 0 Å². The van der Waals surface area contributed by atoms with Gasteiger partial charge in [-0.05, 0) is 19.8 Å². The van der Waals surface area contributed by atoms with E-state index < -0.39 is 39.3 Å². The third kappa shape index (κ3) is 3.20. The van der Waals surface area contributed by atoms with Crippen molar-refractivity contribution in [3.63, 3.8) is 0 Å². The molecule has 2 unspecified atom stereocenters. The number of aromatic nitrogens is 2. The number of primary amides is 1. The number of carbonyl (C=O) groups is 4. The summed E-state index contributed by atoms with van der Waals surface area (Å²) >= 11 is 0. The largest absolute Gasteiger partial charge is 0.422 e. The van der Waals surface area contributed by atoms with Gasteiger partial charge >= 0.3 is 11.9 Å². The molecular formula is C21H32N5O4+. The summed E-state index contributed by atoms with van der Waals surface area (Å²) in [6.07, 6.45) is 5.48. The van der Waals surface area contributed by atoms with Gasteiger partial charge in [0.05, 0.1) is 12.9 Å². The first-order valence-corrected chi connectivity index (χ1v) is 10.5. The lowest BCUT2D eigenvalue weighted by atomic mass is 9.65. The highest BCUT2D eigenvalue weighted by Crippen LogP contribution is 2.53. The fourth-order valence-electron chi connectivity index (χ4n) is 5.37. The molecule has 2 fully saturated rings. The minimum atomic E-state index is -1.40. The van der Waals surface area contributed by atoms with Crippen molar-refractivity contribution in [2.45, 2.75) is 70.9 Å². The molecule has 5 N–H and O–H groups in total. The van der Waals surface area contributed by atoms with E-state index in [1.54, 1.807) is 13.1 Å². The van der Waals surface area contributed by atoms with Gasteiger partial charge in [0, 0.05) is 48.9 Å². The van der Waals surface area contributed by atoms with E-state index in [4.69, 9.17) is 11.5 Å². The first-order valence-electron chi connectivity index (χ1n) is 10.5. The van der Waals surface area contributed by atoms with Crippen LogP contribution in [0.1, 0.15) is 58.6 Å². The van der Waals surface area contributed by atoms with Crippen LogP contribution >= 0.6 is 0 Å². The Morgan fingerprint density at radius 2 is 2.03 bits per heavy atom. The lowest BCUT2D eigenvalue weighted by Gasteiger charge is -2.47. The highest BCUT2D eigenvalue weighted by molar-refractivity contribution is 5.99. The number of quaternary nitrogens is 1. The van der Waals surface area contributed by atoms with Crippen molar-refractivity contribution in [3.8, 4) is 0 Å². The van der Waals surface area contributed by atoms with Gasteiger partial charge in [0.15, 0.2) is 11.3 Å². The van der Waals surface area contributed by atoms with Gasteiger partial charge < -0.3 is 16.5 Å². The molecule has 3 amide bonds. The lowest BCUT2D eigenvalue weighted by molar-refractivity contribution is -0.807. The molecule has 0 aromatic carbocycles. The molecule has 0 spiro atoms. The SMILES string of the molecule is CC1(C)CC[N+](C(N)=O)(C(=O)[C@@H](N)Cc2cnc[nH]2)[C@@]1(C)C(=O)C1CCCC(=O)C1. The van der Waals surface area contributed by atoms with E-state index in [1.807, 2.05) is 13.8 Å². The molecule has 3 rings (SSSR count). The van der Waals surface area contributed by atoms with Gasteiger partial charge in [0.1, 0.15) is 11.8 Å². The second kappa shape index (κ2) is 7.70. The van der Waals surface area contributed by atoms with E-state index in [0.717, 1.165) is 0 Å². The molecule has 30 heavy (non-hydrogen) atoms. The summed E-state index contributed by atoms with van der Waals surface area (Å²) in [5, 5.41) is 0. The minimum absolute atomic E-state index is 0.0402. The Hall–Kier alpha value is -2.39. The maximum absolute atomic E-state index is 13.9. The lowest BCUT2D eigenvalue weighted by Crippen LogP contribution is -2.76. The zero-order valence-corrected chi connectivity index (χ0v) is 17.9. The number of Topliss-reactive ketones (excluding diaryl/α,β-unsaturated/α-hetero) is 2. The van der Waals surface area contributed by atoms with Crippen LogP contribution in [0.5, 0.6) is 0 Å². The quantitative estimate of drug-likeness (QED) is 0.612. The van der Waals surface area contributed by atoms with Crippen molar-refractivity contribution in [2.75, 3.05) is 6.54 Å². The number of H-pyrrole nitrogens is 1. The number of nitrogens with zero attached hydrogens (tertiary/aromatic N) is 2. The van der Waals surface area contributed by atoms with Crippen LogP contribution in [0.4, 0.5) is 4.79 Å². The number of ketones is 2. The fourth-order valence-corrected chi connectivity index (χ4v) is 5.37. The zero-order valence-electron chi connectivity index (χ0n) is 17.9. The molecule has 1 aliphatic heterocycles. The van der Waals surface area contributed by atoms with Crippen molar-refractivity contribution in [1.82, 2.24) is 9.97 Å². The van der Waals surface area contributed by atoms with Crippen molar-refractivity contribution in [2.24, 2.45) is 22.8 Å². The summed E-state index contributed by atoms with van der Waals surface area (Å²) in [4.78, 5) is 59.3. The maximum atomic E-state index is 13.9. The Kier molecular flexibility index (Phi) is 5.72. The number of rotatable bonds is 5. The van der Waals surface area contributed by atoms with Crippen LogP contribution in [-0.2, 0) is 20.8 Å². The van der Waals surface area contributed by atoms with Crippen LogP contribution in [0.25, 0.3) is 0 Å². The summed E-state index contributed by atoms with van der Waals surface area (Å²) in [6, 6.07) is -1.91. The molecule has 1 aromatic heterocycles. The number of carbonyl (C=O) groups excluding carboxylic acids is 4. The number of amides is 3. The van der Waals surface area contributed by atoms with Crippen LogP contribution in [-0.4, -0.2) is 56.1 Å². The first-order chi connectivity index (χ1) is 14.0. The number of nitrogens with two attached hydrogens (primary N) is 2. The van der Waals surface area contributed by atoms with Gasteiger partial charge in [0.2, 0.25) is 0 Å². The molecule has 4 atom stereocenters. The monoisotopic (exact) mass is 418 g/mol. The van der Waals surface area contributed by atoms with E-state index in [9.17, 15) is 19.2 Å². The predicted octanol–water partition coefficient (Wildman–Crippen LogP) is 1.22. The molecule has 1 saturated carbocycles. The number of hydrogen-bond acceptors (Lipinski definition) is 6. The van der Waals surface area contributed by atoms with Crippen molar-refractivity contribution in [3.05, 3.63) is 18.2 Å². The minimum Gasteiger partial charge on any atom is -0.348 e. The summed E-state index contributed by atoms with van der Waals surface area (Å²) < 4.78 is -0.807. The first kappa shape index (κ1) is 22.3. The number of hydrogen-bond donors (Lipinski definition) is 3. The van der Waals surface area contributed by atoms with Crippen molar-refractivity contribution in [1.29, 1.82) is 0 Å². The molecule has 1 aromatic rings. The summed E-state index contributed by atoms with van der Waals surface area (Å²) in [6.45, 7) is 5.53. The third-order valence-electron chi connectivity index (χ3n) is 7.55. The van der Waals surface area contributed by atoms with Crippen LogP contribution < -0.4 is 11.5 Å².